The number of hydrogen-bond donors (Lipinski definition) is 1. The number of pyridine rings is 1. The number of carbonyl (C=O) groups excluding carboxylic acids is 1. The van der Waals surface area contributed by atoms with Gasteiger partial charge >= 0.3 is 5.97 Å². The van der Waals surface area contributed by atoms with E-state index in [4.69, 9.17) is 4.74 Å². The average Bonchev–Trinajstić information content (AvgIpc) is 2.37. The maximum atomic E-state index is 13.5. The lowest BCUT2D eigenvalue weighted by Gasteiger charge is -2.08. The van der Waals surface area contributed by atoms with Crippen molar-refractivity contribution < 1.29 is 18.3 Å². The van der Waals surface area contributed by atoms with Gasteiger partial charge in [0.05, 0.1) is 12.4 Å². The molecular weight excluding hydrogens is 274 g/mol. The molecule has 4 nitrogen and oxygen atoms in total. The smallest absolute Gasteiger partial charge is 0.316 e. The first kappa shape index (κ1) is 15.7. The van der Waals surface area contributed by atoms with Crippen LogP contribution < -0.4 is 5.32 Å². The molecule has 0 unspecified atom stereocenters. The topological polar surface area (TPSA) is 51.2 Å². The van der Waals surface area contributed by atoms with Gasteiger partial charge in [-0.1, -0.05) is 18.7 Å². The van der Waals surface area contributed by atoms with Crippen LogP contribution in [0.2, 0.25) is 0 Å². The number of esters is 1. The molecule has 0 saturated carbocycles. The van der Waals surface area contributed by atoms with E-state index in [-0.39, 0.29) is 23.2 Å². The van der Waals surface area contributed by atoms with E-state index in [1.165, 1.54) is 0 Å². The summed E-state index contributed by atoms with van der Waals surface area (Å²) in [5, 5.41) is 2.74. The maximum absolute atomic E-state index is 13.5. The summed E-state index contributed by atoms with van der Waals surface area (Å²) < 4.78 is 31.6. The van der Waals surface area contributed by atoms with Crippen molar-refractivity contribution in [3.8, 4) is 0 Å². The Bertz CT molecular complexity index is 444. The molecule has 0 spiro atoms. The Kier molecular flexibility index (Phi) is 6.55. The molecule has 1 aromatic rings. The van der Waals surface area contributed by atoms with Crippen molar-refractivity contribution in [3.05, 3.63) is 17.7 Å². The molecule has 106 valence electrons. The summed E-state index contributed by atoms with van der Waals surface area (Å²) in [6.07, 6.45) is 0.795. The molecule has 0 bridgehead atoms. The summed E-state index contributed by atoms with van der Waals surface area (Å²) in [7, 11) is 0. The molecule has 0 radical (unpaired) electrons. The summed E-state index contributed by atoms with van der Waals surface area (Å²) in [6, 6.07) is 0.762. The zero-order chi connectivity index (χ0) is 14.3. The van der Waals surface area contributed by atoms with Gasteiger partial charge in [0.25, 0.3) is 0 Å². The first-order chi connectivity index (χ1) is 9.08. The Morgan fingerprint density at radius 2 is 2.16 bits per heavy atom. The van der Waals surface area contributed by atoms with E-state index in [1.54, 1.807) is 6.92 Å². The second-order valence-corrected chi connectivity index (χ2v) is 4.59. The van der Waals surface area contributed by atoms with Gasteiger partial charge in [-0.3, -0.25) is 4.79 Å². The van der Waals surface area contributed by atoms with Crippen LogP contribution in [-0.4, -0.2) is 29.9 Å². The number of aromatic nitrogens is 1. The number of halogens is 2. The Balaban J connectivity index is 2.73. The predicted octanol–water partition coefficient (Wildman–Crippen LogP) is 2.84. The highest BCUT2D eigenvalue weighted by Crippen LogP contribution is 2.24. The van der Waals surface area contributed by atoms with E-state index in [9.17, 15) is 13.6 Å². The number of thioether (sulfide) groups is 1. The molecule has 1 heterocycles. The molecule has 7 heteroatoms. The van der Waals surface area contributed by atoms with Gasteiger partial charge in [0.15, 0.2) is 17.5 Å². The highest BCUT2D eigenvalue weighted by Gasteiger charge is 2.14. The highest BCUT2D eigenvalue weighted by atomic mass is 32.2. The number of rotatable bonds is 7. The molecule has 1 aromatic heterocycles. The minimum Gasteiger partial charge on any atom is -0.465 e. The Morgan fingerprint density at radius 3 is 2.79 bits per heavy atom. The molecule has 19 heavy (non-hydrogen) atoms. The van der Waals surface area contributed by atoms with Crippen LogP contribution in [0.3, 0.4) is 0 Å². The molecule has 0 amide bonds. The van der Waals surface area contributed by atoms with Gasteiger partial charge in [-0.05, 0) is 13.3 Å². The molecule has 0 aliphatic carbocycles. The molecular formula is C12H16F2N2O2S. The van der Waals surface area contributed by atoms with Crippen LogP contribution >= 0.6 is 11.8 Å². The molecule has 0 fully saturated rings. The summed E-state index contributed by atoms with van der Waals surface area (Å²) >= 11 is 0.884. The van der Waals surface area contributed by atoms with Gasteiger partial charge in [-0.15, -0.1) is 0 Å². The summed E-state index contributed by atoms with van der Waals surface area (Å²) in [6.45, 7) is 4.41. The lowest BCUT2D eigenvalue weighted by Crippen LogP contribution is -2.09. The summed E-state index contributed by atoms with van der Waals surface area (Å²) in [5.74, 6) is -2.05. The van der Waals surface area contributed by atoms with Crippen LogP contribution in [-0.2, 0) is 9.53 Å². The van der Waals surface area contributed by atoms with E-state index in [1.807, 2.05) is 6.92 Å². The molecule has 0 saturated heterocycles. The second-order valence-electron chi connectivity index (χ2n) is 3.63. The van der Waals surface area contributed by atoms with Gasteiger partial charge in [0, 0.05) is 12.6 Å². The lowest BCUT2D eigenvalue weighted by atomic mass is 10.4. The van der Waals surface area contributed by atoms with Crippen molar-refractivity contribution in [1.82, 2.24) is 4.98 Å². The summed E-state index contributed by atoms with van der Waals surface area (Å²) in [5.41, 5.74) is 0. The van der Waals surface area contributed by atoms with Gasteiger partial charge in [-0.2, -0.15) is 0 Å². The van der Waals surface area contributed by atoms with E-state index >= 15 is 0 Å². The van der Waals surface area contributed by atoms with Crippen molar-refractivity contribution in [2.24, 2.45) is 0 Å². The van der Waals surface area contributed by atoms with Crippen LogP contribution in [0.1, 0.15) is 20.3 Å². The number of carbonyl (C=O) groups is 1. The zero-order valence-electron chi connectivity index (χ0n) is 10.8. The Labute approximate surface area is 114 Å². The monoisotopic (exact) mass is 290 g/mol. The van der Waals surface area contributed by atoms with Crippen molar-refractivity contribution in [3.63, 3.8) is 0 Å². The Morgan fingerprint density at radius 1 is 1.42 bits per heavy atom. The third kappa shape index (κ3) is 5.02. The van der Waals surface area contributed by atoms with Crippen molar-refractivity contribution in [2.45, 2.75) is 25.3 Å². The zero-order valence-corrected chi connectivity index (χ0v) is 11.7. The number of nitrogens with zero attached hydrogens (tertiary/aromatic N) is 1. The second kappa shape index (κ2) is 7.93. The minimum absolute atomic E-state index is 0.00499. The van der Waals surface area contributed by atoms with Gasteiger partial charge in [-0.25, -0.2) is 13.8 Å². The minimum atomic E-state index is -0.783. The number of ether oxygens (including phenoxy) is 1. The molecule has 0 aliphatic heterocycles. The molecule has 0 atom stereocenters. The standard InChI is InChI=1S/C12H16F2N2O2S/c1-3-5-15-11-8(13)6-9(14)12(16-11)19-7-10(17)18-4-2/h6H,3-5,7H2,1-2H3,(H,15,16). The Hall–Kier alpha value is -1.37. The SMILES string of the molecule is CCCNc1nc(SCC(=O)OCC)c(F)cc1F. The molecule has 1 N–H and O–H groups in total. The fraction of sp³-hybridized carbons (Fsp3) is 0.500. The molecule has 0 aliphatic rings. The van der Waals surface area contributed by atoms with Crippen molar-refractivity contribution in [2.75, 3.05) is 24.2 Å². The van der Waals surface area contributed by atoms with Gasteiger partial charge in [0.2, 0.25) is 0 Å². The van der Waals surface area contributed by atoms with Crippen LogP contribution in [0, 0.1) is 11.6 Å². The van der Waals surface area contributed by atoms with Crippen LogP contribution in [0.5, 0.6) is 0 Å². The highest BCUT2D eigenvalue weighted by molar-refractivity contribution is 7.99. The fourth-order valence-corrected chi connectivity index (χ4v) is 1.94. The van der Waals surface area contributed by atoms with E-state index < -0.39 is 17.6 Å². The fourth-order valence-electron chi connectivity index (χ4n) is 1.25. The average molecular weight is 290 g/mol. The van der Waals surface area contributed by atoms with Gasteiger partial charge < -0.3 is 10.1 Å². The van der Waals surface area contributed by atoms with Gasteiger partial charge in [0.1, 0.15) is 5.03 Å². The van der Waals surface area contributed by atoms with E-state index in [0.717, 1.165) is 24.2 Å². The third-order valence-corrected chi connectivity index (χ3v) is 3.01. The van der Waals surface area contributed by atoms with Crippen LogP contribution in [0.4, 0.5) is 14.6 Å². The van der Waals surface area contributed by atoms with E-state index in [2.05, 4.69) is 10.3 Å². The molecule has 1 rings (SSSR count). The number of hydrogen-bond acceptors (Lipinski definition) is 5. The van der Waals surface area contributed by atoms with E-state index in [0.29, 0.717) is 6.54 Å². The third-order valence-electron chi connectivity index (χ3n) is 2.07. The quantitative estimate of drug-likeness (QED) is 0.618. The van der Waals surface area contributed by atoms with Crippen molar-refractivity contribution in [1.29, 1.82) is 0 Å². The van der Waals surface area contributed by atoms with Crippen LogP contribution in [0.15, 0.2) is 11.1 Å². The predicted molar refractivity (Wildman–Crippen MR) is 70.3 cm³/mol. The summed E-state index contributed by atoms with van der Waals surface area (Å²) in [4.78, 5) is 15.0. The maximum Gasteiger partial charge on any atom is 0.316 e. The number of anilines is 1. The normalized spacial score (nSPS) is 10.3. The van der Waals surface area contributed by atoms with Crippen molar-refractivity contribution >= 4 is 23.5 Å². The first-order valence-electron chi connectivity index (χ1n) is 5.96. The lowest BCUT2D eigenvalue weighted by molar-refractivity contribution is -0.139. The largest absolute Gasteiger partial charge is 0.465 e. The first-order valence-corrected chi connectivity index (χ1v) is 6.95. The molecule has 0 aromatic carbocycles. The number of nitrogens with one attached hydrogen (secondary N) is 1. The van der Waals surface area contributed by atoms with Crippen LogP contribution in [0.25, 0.3) is 0 Å².